The van der Waals surface area contributed by atoms with Crippen molar-refractivity contribution in [2.75, 3.05) is 24.3 Å². The van der Waals surface area contributed by atoms with Crippen LogP contribution < -0.4 is 5.32 Å². The summed E-state index contributed by atoms with van der Waals surface area (Å²) in [5, 5.41) is 3.28. The molecule has 1 aliphatic heterocycles. The van der Waals surface area contributed by atoms with Gasteiger partial charge in [-0.2, -0.15) is 0 Å². The summed E-state index contributed by atoms with van der Waals surface area (Å²) < 4.78 is 0. The van der Waals surface area contributed by atoms with Gasteiger partial charge in [0.2, 0.25) is 0 Å². The first-order chi connectivity index (χ1) is 8.81. The van der Waals surface area contributed by atoms with Crippen LogP contribution in [0.1, 0.15) is 23.2 Å². The highest BCUT2D eigenvalue weighted by Gasteiger charge is 2.21. The molecular formula is C14H20INOS. The fourth-order valence-electron chi connectivity index (χ4n) is 2.08. The van der Waals surface area contributed by atoms with Gasteiger partial charge in [-0.1, -0.05) is 34.7 Å². The van der Waals surface area contributed by atoms with E-state index in [-0.39, 0.29) is 5.92 Å². The molecule has 0 atom stereocenters. The zero-order valence-electron chi connectivity index (χ0n) is 10.9. The van der Waals surface area contributed by atoms with Crippen molar-refractivity contribution in [3.8, 4) is 0 Å². The first kappa shape index (κ1) is 16.0. The molecule has 1 aliphatic rings. The van der Waals surface area contributed by atoms with E-state index in [0.717, 1.165) is 31.5 Å². The molecule has 1 heterocycles. The van der Waals surface area contributed by atoms with Crippen molar-refractivity contribution in [1.82, 2.24) is 5.32 Å². The fourth-order valence-corrected chi connectivity index (χ4v) is 2.48. The molecule has 0 spiro atoms. The number of thioether (sulfide) groups is 1. The summed E-state index contributed by atoms with van der Waals surface area (Å²) >= 11 is 3.85. The van der Waals surface area contributed by atoms with E-state index in [1.165, 1.54) is 4.90 Å². The molecule has 2 rings (SSSR count). The Hall–Kier alpha value is -0.0700. The Kier molecular flexibility index (Phi) is 7.93. The topological polar surface area (TPSA) is 29.1 Å². The number of Topliss-reactive ketones (excluding diaryl/α,β-unsaturated/α-hetero) is 1. The van der Waals surface area contributed by atoms with Gasteiger partial charge in [0.15, 0.2) is 5.78 Å². The van der Waals surface area contributed by atoms with Crippen molar-refractivity contribution >= 4 is 40.1 Å². The van der Waals surface area contributed by atoms with Crippen molar-refractivity contribution in [3.63, 3.8) is 0 Å². The van der Waals surface area contributed by atoms with Gasteiger partial charge in [0.05, 0.1) is 0 Å². The average molecular weight is 377 g/mol. The number of benzene rings is 1. The first-order valence-electron chi connectivity index (χ1n) is 6.08. The number of nitrogens with one attached hydrogen (secondary N) is 1. The maximum atomic E-state index is 12.2. The normalized spacial score (nSPS) is 15.7. The van der Waals surface area contributed by atoms with Gasteiger partial charge < -0.3 is 5.32 Å². The second-order valence-electron chi connectivity index (χ2n) is 4.12. The van der Waals surface area contributed by atoms with E-state index in [1.807, 2.05) is 35.5 Å². The van der Waals surface area contributed by atoms with Crippen LogP contribution in [0.15, 0.2) is 29.2 Å². The summed E-state index contributed by atoms with van der Waals surface area (Å²) in [7, 11) is 0. The third kappa shape index (κ3) is 4.55. The molecule has 0 saturated carbocycles. The van der Waals surface area contributed by atoms with E-state index >= 15 is 0 Å². The maximum absolute atomic E-state index is 12.2. The van der Waals surface area contributed by atoms with Gasteiger partial charge in [-0.05, 0) is 49.3 Å². The SMILES string of the molecule is CI.CSc1ccc(C(=O)C2CCNCC2)cc1. The minimum Gasteiger partial charge on any atom is -0.317 e. The van der Waals surface area contributed by atoms with Gasteiger partial charge in [0.1, 0.15) is 0 Å². The molecule has 1 aromatic rings. The molecule has 1 saturated heterocycles. The lowest BCUT2D eigenvalue weighted by atomic mass is 9.90. The Bertz CT molecular complexity index is 361. The molecule has 1 aromatic carbocycles. The Labute approximate surface area is 127 Å². The van der Waals surface area contributed by atoms with Gasteiger partial charge in [-0.25, -0.2) is 0 Å². The number of alkyl halides is 1. The van der Waals surface area contributed by atoms with Crippen LogP contribution in [-0.2, 0) is 0 Å². The second-order valence-corrected chi connectivity index (χ2v) is 5.00. The summed E-state index contributed by atoms with van der Waals surface area (Å²) in [6.07, 6.45) is 4.00. The molecule has 0 bridgehead atoms. The molecule has 18 heavy (non-hydrogen) atoms. The van der Waals surface area contributed by atoms with E-state index in [2.05, 4.69) is 27.9 Å². The van der Waals surface area contributed by atoms with Gasteiger partial charge in [-0.3, -0.25) is 4.79 Å². The molecule has 0 unspecified atom stereocenters. The summed E-state index contributed by atoms with van der Waals surface area (Å²) in [5.74, 6) is 0.538. The van der Waals surface area contributed by atoms with Crippen molar-refractivity contribution < 1.29 is 4.79 Å². The molecular weight excluding hydrogens is 357 g/mol. The molecule has 0 radical (unpaired) electrons. The minimum absolute atomic E-state index is 0.223. The molecule has 1 N–H and O–H groups in total. The first-order valence-corrected chi connectivity index (χ1v) is 9.46. The van der Waals surface area contributed by atoms with E-state index in [4.69, 9.17) is 0 Å². The van der Waals surface area contributed by atoms with Crippen LogP contribution in [-0.4, -0.2) is 30.1 Å². The predicted molar refractivity (Wildman–Crippen MR) is 88.1 cm³/mol. The lowest BCUT2D eigenvalue weighted by Crippen LogP contribution is -2.31. The third-order valence-corrected chi connectivity index (χ3v) is 3.83. The van der Waals surface area contributed by atoms with Crippen LogP contribution in [0.3, 0.4) is 0 Å². The van der Waals surface area contributed by atoms with Gasteiger partial charge >= 0.3 is 0 Å². The van der Waals surface area contributed by atoms with Crippen LogP contribution in [0.4, 0.5) is 0 Å². The number of halogens is 1. The van der Waals surface area contributed by atoms with Crippen molar-refractivity contribution in [3.05, 3.63) is 29.8 Å². The molecule has 0 aromatic heterocycles. The van der Waals surface area contributed by atoms with Crippen molar-refractivity contribution in [2.24, 2.45) is 5.92 Å². The van der Waals surface area contributed by atoms with Gasteiger partial charge in [0, 0.05) is 16.4 Å². The number of carbonyl (C=O) groups is 1. The summed E-state index contributed by atoms with van der Waals surface area (Å²) in [6, 6.07) is 7.96. The van der Waals surface area contributed by atoms with Crippen LogP contribution in [0.5, 0.6) is 0 Å². The zero-order valence-corrected chi connectivity index (χ0v) is 13.9. The zero-order chi connectivity index (χ0) is 13.4. The minimum atomic E-state index is 0.223. The standard InChI is InChI=1S/C13H17NOS.CH3I/c1-16-12-4-2-10(3-5-12)13(15)11-6-8-14-9-7-11;1-2/h2-5,11,14H,6-9H2,1H3;1H3. The Balaban J connectivity index is 0.000000771. The van der Waals surface area contributed by atoms with Crippen LogP contribution in [0.2, 0.25) is 0 Å². The highest BCUT2D eigenvalue weighted by atomic mass is 127. The van der Waals surface area contributed by atoms with Crippen LogP contribution in [0, 0.1) is 5.92 Å². The molecule has 100 valence electrons. The van der Waals surface area contributed by atoms with Crippen molar-refractivity contribution in [2.45, 2.75) is 17.7 Å². The number of ketones is 1. The Morgan fingerprint density at radius 3 is 2.28 bits per heavy atom. The smallest absolute Gasteiger partial charge is 0.166 e. The molecule has 1 fully saturated rings. The number of rotatable bonds is 3. The Morgan fingerprint density at radius 2 is 1.78 bits per heavy atom. The van der Waals surface area contributed by atoms with Gasteiger partial charge in [-0.15, -0.1) is 11.8 Å². The van der Waals surface area contributed by atoms with E-state index in [1.54, 1.807) is 11.8 Å². The largest absolute Gasteiger partial charge is 0.317 e. The third-order valence-electron chi connectivity index (χ3n) is 3.08. The monoisotopic (exact) mass is 377 g/mol. The van der Waals surface area contributed by atoms with E-state index in [9.17, 15) is 4.79 Å². The van der Waals surface area contributed by atoms with E-state index < -0.39 is 0 Å². The second kappa shape index (κ2) is 8.93. The number of hydrogen-bond acceptors (Lipinski definition) is 3. The lowest BCUT2D eigenvalue weighted by molar-refractivity contribution is 0.0895. The maximum Gasteiger partial charge on any atom is 0.166 e. The molecule has 4 heteroatoms. The number of carbonyl (C=O) groups excluding carboxylic acids is 1. The number of piperidine rings is 1. The summed E-state index contributed by atoms with van der Waals surface area (Å²) in [4.78, 5) is 15.3. The highest BCUT2D eigenvalue weighted by Crippen LogP contribution is 2.20. The molecule has 0 amide bonds. The molecule has 2 nitrogen and oxygen atoms in total. The number of hydrogen-bond donors (Lipinski definition) is 1. The predicted octanol–water partition coefficient (Wildman–Crippen LogP) is 3.64. The Morgan fingerprint density at radius 1 is 1.22 bits per heavy atom. The average Bonchev–Trinajstić information content (AvgIpc) is 2.49. The highest BCUT2D eigenvalue weighted by molar-refractivity contribution is 14.1. The van der Waals surface area contributed by atoms with E-state index in [0.29, 0.717) is 5.78 Å². The fraction of sp³-hybridized carbons (Fsp3) is 0.500. The summed E-state index contributed by atoms with van der Waals surface area (Å²) in [5.41, 5.74) is 0.865. The van der Waals surface area contributed by atoms with Crippen LogP contribution >= 0.6 is 34.4 Å². The summed E-state index contributed by atoms with van der Waals surface area (Å²) in [6.45, 7) is 1.94. The quantitative estimate of drug-likeness (QED) is 0.378. The lowest BCUT2D eigenvalue weighted by Gasteiger charge is -2.21. The van der Waals surface area contributed by atoms with Crippen LogP contribution in [0.25, 0.3) is 0 Å². The van der Waals surface area contributed by atoms with Gasteiger partial charge in [0.25, 0.3) is 0 Å². The van der Waals surface area contributed by atoms with Crippen molar-refractivity contribution in [1.29, 1.82) is 0 Å². The molecule has 0 aliphatic carbocycles.